The Labute approximate surface area is 178 Å². The highest BCUT2D eigenvalue weighted by Crippen LogP contribution is 2.21. The van der Waals surface area contributed by atoms with Crippen molar-refractivity contribution in [3.05, 3.63) is 106 Å². The monoisotopic (exact) mass is 412 g/mol. The number of nitrogen functional groups attached to an aromatic ring is 1. The molecular formula is C23H20N6O2. The van der Waals surface area contributed by atoms with Crippen molar-refractivity contribution in [2.24, 2.45) is 10.8 Å². The number of allylic oxidation sites excluding steroid dienone is 4. The van der Waals surface area contributed by atoms with E-state index in [0.29, 0.717) is 22.5 Å². The number of amides is 1. The molecule has 0 saturated carbocycles. The maximum Gasteiger partial charge on any atom is 0.282 e. The van der Waals surface area contributed by atoms with Crippen LogP contribution in [0.25, 0.3) is 11.8 Å². The zero-order valence-electron chi connectivity index (χ0n) is 16.5. The largest absolute Gasteiger partial charge is 0.383 e. The Kier molecular flexibility index (Phi) is 5.35. The second-order valence-corrected chi connectivity index (χ2v) is 6.68. The first-order chi connectivity index (χ1) is 15.1. The first-order valence-electron chi connectivity index (χ1n) is 9.51. The predicted octanol–water partition coefficient (Wildman–Crippen LogP) is 2.56. The normalized spacial score (nSPS) is 15.5. The zero-order valence-corrected chi connectivity index (χ0v) is 16.5. The minimum Gasteiger partial charge on any atom is -0.383 e. The number of hydrazone groups is 1. The van der Waals surface area contributed by atoms with E-state index in [4.69, 9.17) is 11.5 Å². The van der Waals surface area contributed by atoms with Crippen molar-refractivity contribution in [1.29, 1.82) is 0 Å². The van der Waals surface area contributed by atoms with Crippen LogP contribution in [0.1, 0.15) is 5.56 Å². The number of para-hydroxylation sites is 2. The number of aromatic amines is 1. The van der Waals surface area contributed by atoms with E-state index in [1.807, 2.05) is 36.4 Å². The summed E-state index contributed by atoms with van der Waals surface area (Å²) in [6.45, 7) is 0. The lowest BCUT2D eigenvalue weighted by Crippen LogP contribution is -2.21. The lowest BCUT2D eigenvalue weighted by molar-refractivity contribution is -0.114. The molecule has 1 aromatic heterocycles. The molecule has 0 bridgehead atoms. The summed E-state index contributed by atoms with van der Waals surface area (Å²) >= 11 is 0. The fraction of sp³-hybridized carbons (Fsp3) is 0. The molecule has 5 N–H and O–H groups in total. The third kappa shape index (κ3) is 3.95. The molecule has 1 aliphatic heterocycles. The van der Waals surface area contributed by atoms with Crippen molar-refractivity contribution in [2.75, 3.05) is 10.7 Å². The van der Waals surface area contributed by atoms with E-state index in [-0.39, 0.29) is 23.1 Å². The van der Waals surface area contributed by atoms with Gasteiger partial charge >= 0.3 is 0 Å². The van der Waals surface area contributed by atoms with Gasteiger partial charge in [-0.2, -0.15) is 5.01 Å². The van der Waals surface area contributed by atoms with E-state index >= 15 is 0 Å². The van der Waals surface area contributed by atoms with E-state index in [9.17, 15) is 9.59 Å². The van der Waals surface area contributed by atoms with Crippen LogP contribution in [0.15, 0.2) is 100 Å². The van der Waals surface area contributed by atoms with Crippen LogP contribution in [0.2, 0.25) is 0 Å². The Balaban J connectivity index is 1.49. The average Bonchev–Trinajstić information content (AvgIpc) is 3.24. The van der Waals surface area contributed by atoms with Crippen molar-refractivity contribution >= 4 is 29.3 Å². The Morgan fingerprint density at radius 2 is 1.48 bits per heavy atom. The van der Waals surface area contributed by atoms with E-state index in [1.165, 1.54) is 9.69 Å². The Morgan fingerprint density at radius 3 is 2.16 bits per heavy atom. The number of rotatable bonds is 5. The van der Waals surface area contributed by atoms with Crippen molar-refractivity contribution in [1.82, 2.24) is 9.78 Å². The van der Waals surface area contributed by atoms with Gasteiger partial charge in [-0.1, -0.05) is 54.6 Å². The summed E-state index contributed by atoms with van der Waals surface area (Å²) in [5, 5.41) is 8.24. The summed E-state index contributed by atoms with van der Waals surface area (Å²) in [4.78, 5) is 25.2. The first-order valence-corrected chi connectivity index (χ1v) is 9.51. The van der Waals surface area contributed by atoms with Gasteiger partial charge in [0.1, 0.15) is 5.82 Å². The lowest BCUT2D eigenvalue weighted by Gasteiger charge is -2.10. The fourth-order valence-corrected chi connectivity index (χ4v) is 3.09. The summed E-state index contributed by atoms with van der Waals surface area (Å²) in [5.74, 6) is 0.0961. The third-order valence-electron chi connectivity index (χ3n) is 4.63. The van der Waals surface area contributed by atoms with Crippen LogP contribution in [-0.4, -0.2) is 21.5 Å². The van der Waals surface area contributed by atoms with Crippen LogP contribution < -0.4 is 22.0 Å². The van der Waals surface area contributed by atoms with Crippen LogP contribution in [-0.2, 0) is 4.79 Å². The van der Waals surface area contributed by atoms with Gasteiger partial charge in [-0.3, -0.25) is 14.7 Å². The second kappa shape index (κ2) is 8.42. The standard InChI is InChI=1S/C23H20N6O2/c24-20-18(22(30)28(26-20)16-10-4-1-5-11-16)14-8-3-9-15-19-21(25)27-29(23(19)31)17-12-6-2-7-13-17/h1-15,26H,24H2,(H2,25,27). The predicted molar refractivity (Wildman–Crippen MR) is 123 cm³/mol. The number of hydrogen-bond donors (Lipinski definition) is 3. The molecular weight excluding hydrogens is 392 g/mol. The number of hydrogen-bond acceptors (Lipinski definition) is 5. The molecule has 3 aromatic rings. The highest BCUT2D eigenvalue weighted by atomic mass is 16.2. The summed E-state index contributed by atoms with van der Waals surface area (Å²) in [5.41, 5.74) is 13.6. The molecule has 2 aromatic carbocycles. The van der Waals surface area contributed by atoms with Crippen molar-refractivity contribution in [3.8, 4) is 5.69 Å². The van der Waals surface area contributed by atoms with Gasteiger partial charge in [0.15, 0.2) is 5.84 Å². The van der Waals surface area contributed by atoms with Gasteiger partial charge in [-0.05, 0) is 36.4 Å². The number of nitrogens with zero attached hydrogens (tertiary/aromatic N) is 3. The van der Waals surface area contributed by atoms with Crippen LogP contribution in [0.5, 0.6) is 0 Å². The number of benzene rings is 2. The summed E-state index contributed by atoms with van der Waals surface area (Å²) in [6.07, 6.45) is 8.18. The molecule has 0 saturated heterocycles. The van der Waals surface area contributed by atoms with Gasteiger partial charge in [0.05, 0.1) is 22.5 Å². The van der Waals surface area contributed by atoms with Crippen LogP contribution in [0.4, 0.5) is 11.5 Å². The number of amidine groups is 1. The molecule has 154 valence electrons. The van der Waals surface area contributed by atoms with Gasteiger partial charge in [-0.25, -0.2) is 4.68 Å². The Hall–Kier alpha value is -4.59. The van der Waals surface area contributed by atoms with Crippen molar-refractivity contribution in [3.63, 3.8) is 0 Å². The molecule has 8 nitrogen and oxygen atoms in total. The van der Waals surface area contributed by atoms with Crippen LogP contribution in [0, 0.1) is 0 Å². The molecule has 4 rings (SSSR count). The number of nitrogens with two attached hydrogens (primary N) is 2. The summed E-state index contributed by atoms with van der Waals surface area (Å²) in [6, 6.07) is 18.2. The highest BCUT2D eigenvalue weighted by Gasteiger charge is 2.28. The molecule has 31 heavy (non-hydrogen) atoms. The molecule has 0 fully saturated rings. The zero-order chi connectivity index (χ0) is 21.8. The maximum absolute atomic E-state index is 12.6. The molecule has 0 radical (unpaired) electrons. The molecule has 1 aliphatic rings. The van der Waals surface area contributed by atoms with E-state index in [2.05, 4.69) is 10.2 Å². The van der Waals surface area contributed by atoms with Crippen molar-refractivity contribution < 1.29 is 4.79 Å². The topological polar surface area (TPSA) is 122 Å². The van der Waals surface area contributed by atoms with Gasteiger partial charge in [0, 0.05) is 0 Å². The number of H-pyrrole nitrogens is 1. The van der Waals surface area contributed by atoms with Gasteiger partial charge < -0.3 is 11.5 Å². The average molecular weight is 412 g/mol. The van der Waals surface area contributed by atoms with Crippen LogP contribution >= 0.6 is 0 Å². The summed E-state index contributed by atoms with van der Waals surface area (Å²) in [7, 11) is 0. The number of carbonyl (C=O) groups excluding carboxylic acids is 1. The highest BCUT2D eigenvalue weighted by molar-refractivity contribution is 6.29. The van der Waals surface area contributed by atoms with Crippen LogP contribution in [0.3, 0.4) is 0 Å². The number of carbonyl (C=O) groups is 1. The molecule has 0 aliphatic carbocycles. The summed E-state index contributed by atoms with van der Waals surface area (Å²) < 4.78 is 1.38. The molecule has 0 atom stereocenters. The minimum atomic E-state index is -0.307. The second-order valence-electron chi connectivity index (χ2n) is 6.68. The molecule has 0 unspecified atom stereocenters. The Bertz CT molecular complexity index is 1280. The smallest absolute Gasteiger partial charge is 0.282 e. The van der Waals surface area contributed by atoms with Gasteiger partial charge in [0.25, 0.3) is 11.5 Å². The van der Waals surface area contributed by atoms with Gasteiger partial charge in [0.2, 0.25) is 0 Å². The third-order valence-corrected chi connectivity index (χ3v) is 4.63. The number of nitrogens with one attached hydrogen (secondary N) is 1. The molecule has 2 heterocycles. The van der Waals surface area contributed by atoms with E-state index in [1.54, 1.807) is 54.6 Å². The van der Waals surface area contributed by atoms with E-state index in [0.717, 1.165) is 0 Å². The van der Waals surface area contributed by atoms with Gasteiger partial charge in [-0.15, -0.1) is 5.10 Å². The van der Waals surface area contributed by atoms with E-state index < -0.39 is 0 Å². The SMILES string of the molecule is NC1=NN(c2ccccc2)C(=O)C1=CC=CC=Cc1c(N)[nH]n(-c2ccccc2)c1=O. The number of aromatic nitrogens is 2. The lowest BCUT2D eigenvalue weighted by atomic mass is 10.2. The minimum absolute atomic E-state index is 0.142. The first kappa shape index (κ1) is 19.7. The Morgan fingerprint density at radius 1 is 0.839 bits per heavy atom. The number of anilines is 2. The van der Waals surface area contributed by atoms with Crippen molar-refractivity contribution in [2.45, 2.75) is 0 Å². The maximum atomic E-state index is 12.6. The molecule has 1 amide bonds. The fourth-order valence-electron chi connectivity index (χ4n) is 3.09. The molecule has 0 spiro atoms. The quantitative estimate of drug-likeness (QED) is 0.440. The molecule has 8 heteroatoms.